The first kappa shape index (κ1) is 9.77. The highest BCUT2D eigenvalue weighted by molar-refractivity contribution is 5.29. The number of hydrogen-bond donors (Lipinski definition) is 0. The molecule has 0 aliphatic heterocycles. The highest BCUT2D eigenvalue weighted by Crippen LogP contribution is 2.14. The highest BCUT2D eigenvalue weighted by atomic mass is 16.5. The maximum Gasteiger partial charge on any atom is 0.118 e. The normalized spacial score (nSPS) is 10.3. The standard InChI is InChI=1S/C12H14N2O/c1-14-11(7-8-13-14)9-10-3-5-12(15-2)6-4-10/h3-8H,9H2,1-2H3. The smallest absolute Gasteiger partial charge is 0.118 e. The van der Waals surface area contributed by atoms with Gasteiger partial charge in [0.25, 0.3) is 0 Å². The summed E-state index contributed by atoms with van der Waals surface area (Å²) in [4.78, 5) is 0. The fourth-order valence-corrected chi connectivity index (χ4v) is 1.53. The number of rotatable bonds is 3. The van der Waals surface area contributed by atoms with Gasteiger partial charge in [-0.1, -0.05) is 12.1 Å². The van der Waals surface area contributed by atoms with Crippen LogP contribution in [0.4, 0.5) is 0 Å². The van der Waals surface area contributed by atoms with Crippen molar-refractivity contribution in [3.05, 3.63) is 47.8 Å². The summed E-state index contributed by atoms with van der Waals surface area (Å²) in [6, 6.07) is 10.1. The Labute approximate surface area is 89.3 Å². The van der Waals surface area contributed by atoms with Crippen molar-refractivity contribution in [1.82, 2.24) is 9.78 Å². The molecule has 1 heterocycles. The quantitative estimate of drug-likeness (QED) is 0.761. The van der Waals surface area contributed by atoms with Crippen molar-refractivity contribution in [2.75, 3.05) is 7.11 Å². The predicted octanol–water partition coefficient (Wildman–Crippen LogP) is 2.02. The van der Waals surface area contributed by atoms with Crippen LogP contribution in [-0.2, 0) is 13.5 Å². The summed E-state index contributed by atoms with van der Waals surface area (Å²) >= 11 is 0. The van der Waals surface area contributed by atoms with E-state index >= 15 is 0 Å². The monoisotopic (exact) mass is 202 g/mol. The number of benzene rings is 1. The summed E-state index contributed by atoms with van der Waals surface area (Å²) in [5.41, 5.74) is 2.47. The molecule has 0 atom stereocenters. The van der Waals surface area contributed by atoms with Gasteiger partial charge in [0.2, 0.25) is 0 Å². The number of ether oxygens (including phenoxy) is 1. The van der Waals surface area contributed by atoms with Gasteiger partial charge < -0.3 is 4.74 Å². The number of nitrogens with zero attached hydrogens (tertiary/aromatic N) is 2. The molecule has 0 amide bonds. The lowest BCUT2D eigenvalue weighted by Crippen LogP contribution is -1.98. The molecule has 0 N–H and O–H groups in total. The molecule has 0 radical (unpaired) electrons. The van der Waals surface area contributed by atoms with E-state index in [1.807, 2.05) is 36.1 Å². The zero-order valence-corrected chi connectivity index (χ0v) is 8.97. The van der Waals surface area contributed by atoms with Gasteiger partial charge in [0.1, 0.15) is 5.75 Å². The van der Waals surface area contributed by atoms with Crippen LogP contribution in [0.15, 0.2) is 36.5 Å². The van der Waals surface area contributed by atoms with Crippen molar-refractivity contribution < 1.29 is 4.74 Å². The average Bonchev–Trinajstić information content (AvgIpc) is 2.66. The Hall–Kier alpha value is -1.77. The molecule has 0 saturated carbocycles. The molecule has 0 spiro atoms. The Morgan fingerprint density at radius 3 is 2.47 bits per heavy atom. The third-order valence-corrected chi connectivity index (χ3v) is 2.47. The van der Waals surface area contributed by atoms with Crippen LogP contribution in [-0.4, -0.2) is 16.9 Å². The predicted molar refractivity (Wildman–Crippen MR) is 59.0 cm³/mol. The van der Waals surface area contributed by atoms with E-state index in [2.05, 4.69) is 17.2 Å². The average molecular weight is 202 g/mol. The molecule has 15 heavy (non-hydrogen) atoms. The molecule has 0 unspecified atom stereocenters. The van der Waals surface area contributed by atoms with Crippen molar-refractivity contribution in [2.45, 2.75) is 6.42 Å². The molecule has 3 heteroatoms. The second-order valence-corrected chi connectivity index (χ2v) is 3.47. The Kier molecular flexibility index (Phi) is 2.72. The van der Waals surface area contributed by atoms with Gasteiger partial charge in [-0.2, -0.15) is 5.10 Å². The summed E-state index contributed by atoms with van der Waals surface area (Å²) in [6.07, 6.45) is 2.72. The molecule has 0 fully saturated rings. The molecule has 0 aliphatic rings. The summed E-state index contributed by atoms with van der Waals surface area (Å²) < 4.78 is 7.00. The minimum absolute atomic E-state index is 0.892. The van der Waals surface area contributed by atoms with Crippen molar-refractivity contribution >= 4 is 0 Å². The summed E-state index contributed by atoms with van der Waals surface area (Å²) in [5, 5.41) is 4.14. The largest absolute Gasteiger partial charge is 0.497 e. The SMILES string of the molecule is COc1ccc(Cc2ccnn2C)cc1. The highest BCUT2D eigenvalue weighted by Gasteiger charge is 2.00. The van der Waals surface area contributed by atoms with Crippen LogP contribution < -0.4 is 4.74 Å². The molecule has 2 rings (SSSR count). The van der Waals surface area contributed by atoms with Crippen molar-refractivity contribution in [3.8, 4) is 5.75 Å². The van der Waals surface area contributed by atoms with Crippen molar-refractivity contribution in [1.29, 1.82) is 0 Å². The Morgan fingerprint density at radius 1 is 1.20 bits per heavy atom. The van der Waals surface area contributed by atoms with Crippen LogP contribution in [0.3, 0.4) is 0 Å². The molecular weight excluding hydrogens is 188 g/mol. The van der Waals surface area contributed by atoms with E-state index in [0.29, 0.717) is 0 Å². The first-order chi connectivity index (χ1) is 7.29. The second kappa shape index (κ2) is 4.17. The molecule has 0 bridgehead atoms. The lowest BCUT2D eigenvalue weighted by Gasteiger charge is -2.03. The molecule has 1 aromatic carbocycles. The van der Waals surface area contributed by atoms with Crippen LogP contribution in [0.25, 0.3) is 0 Å². The fourth-order valence-electron chi connectivity index (χ4n) is 1.53. The zero-order chi connectivity index (χ0) is 10.7. The van der Waals surface area contributed by atoms with Gasteiger partial charge in [-0.3, -0.25) is 4.68 Å². The minimum Gasteiger partial charge on any atom is -0.497 e. The van der Waals surface area contributed by atoms with E-state index in [9.17, 15) is 0 Å². The van der Waals surface area contributed by atoms with Gasteiger partial charge >= 0.3 is 0 Å². The first-order valence-electron chi connectivity index (χ1n) is 4.89. The molecule has 0 saturated heterocycles. The minimum atomic E-state index is 0.892. The van der Waals surface area contributed by atoms with Crippen LogP contribution in [0.2, 0.25) is 0 Å². The number of aromatic nitrogens is 2. The lowest BCUT2D eigenvalue weighted by molar-refractivity contribution is 0.414. The van der Waals surface area contributed by atoms with E-state index in [1.165, 1.54) is 11.3 Å². The Morgan fingerprint density at radius 2 is 1.93 bits per heavy atom. The van der Waals surface area contributed by atoms with Gasteiger partial charge in [-0.15, -0.1) is 0 Å². The van der Waals surface area contributed by atoms with Gasteiger partial charge in [-0.25, -0.2) is 0 Å². The van der Waals surface area contributed by atoms with Crippen molar-refractivity contribution in [3.63, 3.8) is 0 Å². The van der Waals surface area contributed by atoms with Crippen LogP contribution in [0.5, 0.6) is 5.75 Å². The van der Waals surface area contributed by atoms with Gasteiger partial charge in [-0.05, 0) is 23.8 Å². The maximum absolute atomic E-state index is 5.11. The summed E-state index contributed by atoms with van der Waals surface area (Å²) in [5.74, 6) is 0.892. The van der Waals surface area contributed by atoms with Crippen molar-refractivity contribution in [2.24, 2.45) is 7.05 Å². The third kappa shape index (κ3) is 2.18. The van der Waals surface area contributed by atoms with E-state index in [4.69, 9.17) is 4.74 Å². The molecule has 3 nitrogen and oxygen atoms in total. The van der Waals surface area contributed by atoms with Crippen LogP contribution >= 0.6 is 0 Å². The lowest BCUT2D eigenvalue weighted by atomic mass is 10.1. The fraction of sp³-hybridized carbons (Fsp3) is 0.250. The topological polar surface area (TPSA) is 27.1 Å². The Balaban J connectivity index is 2.14. The van der Waals surface area contributed by atoms with Gasteiger partial charge in [0.05, 0.1) is 7.11 Å². The van der Waals surface area contributed by atoms with Gasteiger partial charge in [0.15, 0.2) is 0 Å². The van der Waals surface area contributed by atoms with E-state index in [0.717, 1.165) is 12.2 Å². The van der Waals surface area contributed by atoms with Gasteiger partial charge in [0, 0.05) is 25.4 Å². The van der Waals surface area contributed by atoms with E-state index < -0.39 is 0 Å². The molecule has 78 valence electrons. The third-order valence-electron chi connectivity index (χ3n) is 2.47. The second-order valence-electron chi connectivity index (χ2n) is 3.47. The van der Waals surface area contributed by atoms with Crippen LogP contribution in [0, 0.1) is 0 Å². The van der Waals surface area contributed by atoms with Crippen LogP contribution in [0.1, 0.15) is 11.3 Å². The molecule has 2 aromatic rings. The zero-order valence-electron chi connectivity index (χ0n) is 8.97. The number of hydrogen-bond acceptors (Lipinski definition) is 2. The maximum atomic E-state index is 5.11. The number of aryl methyl sites for hydroxylation is 1. The number of methoxy groups -OCH3 is 1. The van der Waals surface area contributed by atoms with E-state index in [1.54, 1.807) is 7.11 Å². The first-order valence-corrected chi connectivity index (χ1v) is 4.89. The molecule has 0 aliphatic carbocycles. The summed E-state index contributed by atoms with van der Waals surface area (Å²) in [7, 11) is 3.63. The molecule has 1 aromatic heterocycles. The Bertz CT molecular complexity index is 431. The molecular formula is C12H14N2O. The summed E-state index contributed by atoms with van der Waals surface area (Å²) in [6.45, 7) is 0. The van der Waals surface area contributed by atoms with E-state index in [-0.39, 0.29) is 0 Å².